The van der Waals surface area contributed by atoms with Crippen LogP contribution >= 0.6 is 56.5 Å². The second-order valence-electron chi connectivity index (χ2n) is 8.11. The second-order valence-corrected chi connectivity index (χ2v) is 11.5. The topological polar surface area (TPSA) is 45.4 Å². The van der Waals surface area contributed by atoms with Gasteiger partial charge in [-0.1, -0.05) is 20.8 Å². The summed E-state index contributed by atoms with van der Waals surface area (Å²) in [6.07, 6.45) is 5.08. The van der Waals surface area contributed by atoms with Crippen LogP contribution in [0.5, 0.6) is 5.75 Å². The first-order chi connectivity index (χ1) is 13.2. The average Bonchev–Trinajstić information content (AvgIpc) is 2.99. The normalized spacial score (nSPS) is 16.8. The minimum atomic E-state index is 0.299. The maximum absolute atomic E-state index is 9.73. The third-order valence-electron chi connectivity index (χ3n) is 5.22. The monoisotopic (exact) mass is 618 g/mol. The van der Waals surface area contributed by atoms with Gasteiger partial charge in [0.05, 0.1) is 19.3 Å². The molecule has 6 heteroatoms. The van der Waals surface area contributed by atoms with Crippen LogP contribution in [-0.4, -0.2) is 12.8 Å². The Morgan fingerprint density at radius 1 is 1.32 bits per heavy atom. The molecule has 0 saturated carbocycles. The van der Waals surface area contributed by atoms with Crippen LogP contribution in [0.3, 0.4) is 0 Å². The summed E-state index contributed by atoms with van der Waals surface area (Å²) in [7, 11) is 0. The summed E-state index contributed by atoms with van der Waals surface area (Å²) >= 11 is 6.30. The summed E-state index contributed by atoms with van der Waals surface area (Å²) < 4.78 is 7.87. The standard InChI is InChI=1S/C22H24I2N2OS/c1-5-27-20-17(23)8-13(9-18(20)24)12-26-21-16(11-25)15-7-6-14(22(2,3)4)10-19(15)28-21/h8-9,12,14H,5-7,10H2,1-4H3/t14-/m1/s1. The van der Waals surface area contributed by atoms with Gasteiger partial charge in [0, 0.05) is 11.1 Å². The van der Waals surface area contributed by atoms with Crippen molar-refractivity contribution in [3.8, 4) is 11.8 Å². The minimum Gasteiger partial charge on any atom is -0.492 e. The van der Waals surface area contributed by atoms with Gasteiger partial charge >= 0.3 is 0 Å². The third kappa shape index (κ3) is 4.73. The lowest BCUT2D eigenvalue weighted by Gasteiger charge is -2.33. The first-order valence-electron chi connectivity index (χ1n) is 9.45. The number of nitrogens with zero attached hydrogens (tertiary/aromatic N) is 2. The maximum Gasteiger partial charge on any atom is 0.145 e. The fourth-order valence-corrected chi connectivity index (χ4v) is 6.94. The van der Waals surface area contributed by atoms with Crippen LogP contribution in [0.15, 0.2) is 17.1 Å². The summed E-state index contributed by atoms with van der Waals surface area (Å²) in [6.45, 7) is 9.59. The molecule has 1 heterocycles. The zero-order chi connectivity index (χ0) is 20.5. The van der Waals surface area contributed by atoms with Crippen molar-refractivity contribution in [2.45, 2.75) is 47.0 Å². The summed E-state index contributed by atoms with van der Waals surface area (Å²) in [4.78, 5) is 6.07. The molecule has 1 aliphatic carbocycles. The van der Waals surface area contributed by atoms with Gasteiger partial charge in [-0.25, -0.2) is 4.99 Å². The Kier molecular flexibility index (Phi) is 7.09. The Bertz CT molecular complexity index is 928. The number of halogens is 2. The molecular formula is C22H24I2N2OS. The molecule has 0 spiro atoms. The smallest absolute Gasteiger partial charge is 0.145 e. The maximum atomic E-state index is 9.73. The second kappa shape index (κ2) is 9.00. The molecule has 0 bridgehead atoms. The molecular weight excluding hydrogens is 594 g/mol. The number of thiophene rings is 1. The first-order valence-corrected chi connectivity index (χ1v) is 12.4. The first kappa shape index (κ1) is 22.0. The van der Waals surface area contributed by atoms with Crippen LogP contribution in [0.4, 0.5) is 5.00 Å². The molecule has 3 nitrogen and oxygen atoms in total. The van der Waals surface area contributed by atoms with E-state index in [4.69, 9.17) is 9.73 Å². The summed E-state index contributed by atoms with van der Waals surface area (Å²) in [5.41, 5.74) is 3.34. The Balaban J connectivity index is 1.90. The minimum absolute atomic E-state index is 0.299. The van der Waals surface area contributed by atoms with Crippen molar-refractivity contribution >= 4 is 67.7 Å². The number of hydrogen-bond acceptors (Lipinski definition) is 4. The Hall–Kier alpha value is -0.660. The van der Waals surface area contributed by atoms with Gasteiger partial charge in [-0.05, 0) is 106 Å². The number of rotatable bonds is 4. The molecule has 1 aromatic heterocycles. The summed E-state index contributed by atoms with van der Waals surface area (Å²) in [6, 6.07) is 6.57. The largest absolute Gasteiger partial charge is 0.492 e. The van der Waals surface area contributed by atoms with E-state index in [2.05, 4.69) is 84.2 Å². The van der Waals surface area contributed by atoms with Gasteiger partial charge in [0.15, 0.2) is 0 Å². The predicted molar refractivity (Wildman–Crippen MR) is 134 cm³/mol. The van der Waals surface area contributed by atoms with E-state index in [9.17, 15) is 5.26 Å². The van der Waals surface area contributed by atoms with E-state index in [-0.39, 0.29) is 0 Å². The number of fused-ring (bicyclic) bond motifs is 1. The zero-order valence-corrected chi connectivity index (χ0v) is 21.7. The molecule has 1 aliphatic rings. The predicted octanol–water partition coefficient (Wildman–Crippen LogP) is 7.13. The molecule has 0 unspecified atom stereocenters. The van der Waals surface area contributed by atoms with E-state index in [1.54, 1.807) is 11.3 Å². The van der Waals surface area contributed by atoms with Crippen molar-refractivity contribution in [3.05, 3.63) is 40.8 Å². The molecule has 0 aliphatic heterocycles. The lowest BCUT2D eigenvalue weighted by atomic mass is 9.72. The number of ether oxygens (including phenoxy) is 1. The Labute approximate surface area is 198 Å². The molecule has 1 aromatic carbocycles. The van der Waals surface area contributed by atoms with Crippen molar-refractivity contribution in [2.24, 2.45) is 16.3 Å². The van der Waals surface area contributed by atoms with Gasteiger partial charge < -0.3 is 4.74 Å². The molecule has 28 heavy (non-hydrogen) atoms. The highest BCUT2D eigenvalue weighted by Gasteiger charge is 2.32. The molecule has 2 aromatic rings. The number of aliphatic imine (C=N–C) groups is 1. The number of hydrogen-bond donors (Lipinski definition) is 0. The van der Waals surface area contributed by atoms with Crippen LogP contribution in [0.25, 0.3) is 0 Å². The number of benzene rings is 1. The highest BCUT2D eigenvalue weighted by molar-refractivity contribution is 14.1. The van der Waals surface area contributed by atoms with Crippen LogP contribution in [0.1, 0.15) is 55.7 Å². The van der Waals surface area contributed by atoms with E-state index < -0.39 is 0 Å². The highest BCUT2D eigenvalue weighted by Crippen LogP contribution is 2.44. The van der Waals surface area contributed by atoms with Crippen molar-refractivity contribution in [3.63, 3.8) is 0 Å². The molecule has 0 N–H and O–H groups in total. The Morgan fingerprint density at radius 2 is 2.00 bits per heavy atom. The van der Waals surface area contributed by atoms with Crippen molar-refractivity contribution in [2.75, 3.05) is 6.61 Å². The van der Waals surface area contributed by atoms with Crippen molar-refractivity contribution in [1.29, 1.82) is 5.26 Å². The van der Waals surface area contributed by atoms with Gasteiger partial charge in [0.2, 0.25) is 0 Å². The van der Waals surface area contributed by atoms with Gasteiger partial charge in [0.25, 0.3) is 0 Å². The quantitative estimate of drug-likeness (QED) is 0.271. The molecule has 0 saturated heterocycles. The van der Waals surface area contributed by atoms with Crippen LogP contribution < -0.4 is 4.74 Å². The molecule has 3 rings (SSSR count). The van der Waals surface area contributed by atoms with Gasteiger partial charge in [-0.2, -0.15) is 5.26 Å². The zero-order valence-electron chi connectivity index (χ0n) is 16.6. The van der Waals surface area contributed by atoms with E-state index in [0.717, 1.165) is 48.3 Å². The fraction of sp³-hybridized carbons (Fsp3) is 0.455. The van der Waals surface area contributed by atoms with Crippen molar-refractivity contribution in [1.82, 2.24) is 0 Å². The molecule has 148 valence electrons. The van der Waals surface area contributed by atoms with Crippen LogP contribution in [-0.2, 0) is 12.8 Å². The summed E-state index contributed by atoms with van der Waals surface area (Å²) in [5.74, 6) is 1.59. The molecule has 0 amide bonds. The van der Waals surface area contributed by atoms with Crippen LogP contribution in [0, 0.1) is 29.8 Å². The van der Waals surface area contributed by atoms with Crippen LogP contribution in [0.2, 0.25) is 0 Å². The lowest BCUT2D eigenvalue weighted by Crippen LogP contribution is -2.26. The van der Waals surface area contributed by atoms with Gasteiger partial charge in [0.1, 0.15) is 16.8 Å². The summed E-state index contributed by atoms with van der Waals surface area (Å²) in [5, 5.41) is 10.6. The van der Waals surface area contributed by atoms with E-state index >= 15 is 0 Å². The average molecular weight is 618 g/mol. The molecule has 1 atom stereocenters. The Morgan fingerprint density at radius 3 is 2.57 bits per heavy atom. The fourth-order valence-electron chi connectivity index (χ4n) is 3.59. The third-order valence-corrected chi connectivity index (χ3v) is 7.99. The van der Waals surface area contributed by atoms with Gasteiger partial charge in [-0.15, -0.1) is 11.3 Å². The van der Waals surface area contributed by atoms with E-state index in [1.165, 1.54) is 10.4 Å². The molecule has 0 radical (unpaired) electrons. The lowest BCUT2D eigenvalue weighted by molar-refractivity contribution is 0.218. The van der Waals surface area contributed by atoms with Gasteiger partial charge in [-0.3, -0.25) is 0 Å². The van der Waals surface area contributed by atoms with E-state index in [1.807, 2.05) is 13.1 Å². The number of nitriles is 1. The van der Waals surface area contributed by atoms with E-state index in [0.29, 0.717) is 17.9 Å². The van der Waals surface area contributed by atoms with Crippen molar-refractivity contribution < 1.29 is 4.74 Å². The SMILES string of the molecule is CCOc1c(I)cc(C=Nc2sc3c(c2C#N)CC[C@@H](C(C)(C)C)C3)cc1I. The molecule has 0 fully saturated rings. The highest BCUT2D eigenvalue weighted by atomic mass is 127.